The van der Waals surface area contributed by atoms with E-state index in [1.807, 2.05) is 0 Å². The van der Waals surface area contributed by atoms with Crippen molar-refractivity contribution in [2.24, 2.45) is 5.73 Å². The van der Waals surface area contributed by atoms with E-state index in [-0.39, 0.29) is 0 Å². The SMILES string of the molecule is NCc1ccc(-c2nc3ccc(CN4CCNCC4)cc3[nH]2)s1. The molecule has 3 heterocycles. The molecule has 0 amide bonds. The number of benzene rings is 1. The molecule has 3 aromatic rings. The monoisotopic (exact) mass is 327 g/mol. The normalized spacial score (nSPS) is 16.2. The Kier molecular flexibility index (Phi) is 4.13. The number of fused-ring (bicyclic) bond motifs is 1. The Bertz CT molecular complexity index is 800. The van der Waals surface area contributed by atoms with Gasteiger partial charge in [-0.15, -0.1) is 11.3 Å². The highest BCUT2D eigenvalue weighted by molar-refractivity contribution is 7.15. The molecule has 1 aromatic carbocycles. The number of rotatable bonds is 4. The molecule has 0 radical (unpaired) electrons. The highest BCUT2D eigenvalue weighted by Gasteiger charge is 2.12. The Morgan fingerprint density at radius 1 is 1.17 bits per heavy atom. The molecule has 0 saturated carbocycles. The van der Waals surface area contributed by atoms with E-state index in [4.69, 9.17) is 10.7 Å². The summed E-state index contributed by atoms with van der Waals surface area (Å²) in [6, 6.07) is 10.7. The molecule has 23 heavy (non-hydrogen) atoms. The molecule has 6 heteroatoms. The molecule has 4 rings (SSSR count). The molecule has 1 fully saturated rings. The number of piperazine rings is 1. The van der Waals surface area contributed by atoms with Gasteiger partial charge in [0.05, 0.1) is 15.9 Å². The number of hydrogen-bond acceptors (Lipinski definition) is 5. The van der Waals surface area contributed by atoms with Gasteiger partial charge in [0.25, 0.3) is 0 Å². The van der Waals surface area contributed by atoms with Crippen molar-refractivity contribution in [1.82, 2.24) is 20.2 Å². The van der Waals surface area contributed by atoms with Crippen LogP contribution < -0.4 is 11.1 Å². The topological polar surface area (TPSA) is 70.0 Å². The number of thiophene rings is 1. The third kappa shape index (κ3) is 3.16. The first kappa shape index (κ1) is 14.8. The van der Waals surface area contributed by atoms with E-state index in [0.29, 0.717) is 6.54 Å². The second-order valence-electron chi connectivity index (χ2n) is 5.93. The van der Waals surface area contributed by atoms with Crippen molar-refractivity contribution in [3.8, 4) is 10.7 Å². The van der Waals surface area contributed by atoms with Crippen molar-refractivity contribution in [2.75, 3.05) is 26.2 Å². The average Bonchev–Trinajstić information content (AvgIpc) is 3.21. The Labute approximate surface area is 139 Å². The third-order valence-electron chi connectivity index (χ3n) is 4.26. The molecular weight excluding hydrogens is 306 g/mol. The van der Waals surface area contributed by atoms with Crippen molar-refractivity contribution in [2.45, 2.75) is 13.1 Å². The maximum absolute atomic E-state index is 5.70. The lowest BCUT2D eigenvalue weighted by atomic mass is 10.2. The number of imidazole rings is 1. The zero-order chi connectivity index (χ0) is 15.6. The third-order valence-corrected chi connectivity index (χ3v) is 5.37. The molecule has 5 nitrogen and oxygen atoms in total. The number of H-pyrrole nitrogens is 1. The van der Waals surface area contributed by atoms with Crippen LogP contribution in [0.15, 0.2) is 30.3 Å². The number of aromatic nitrogens is 2. The van der Waals surface area contributed by atoms with Gasteiger partial charge in [0.15, 0.2) is 0 Å². The van der Waals surface area contributed by atoms with Crippen molar-refractivity contribution in [3.05, 3.63) is 40.8 Å². The smallest absolute Gasteiger partial charge is 0.148 e. The minimum Gasteiger partial charge on any atom is -0.337 e. The van der Waals surface area contributed by atoms with Crippen LogP contribution in [0.25, 0.3) is 21.7 Å². The molecule has 120 valence electrons. The lowest BCUT2D eigenvalue weighted by Crippen LogP contribution is -2.42. The van der Waals surface area contributed by atoms with E-state index in [9.17, 15) is 0 Å². The minimum absolute atomic E-state index is 0.583. The number of nitrogens with two attached hydrogens (primary N) is 1. The minimum atomic E-state index is 0.583. The van der Waals surface area contributed by atoms with Gasteiger partial charge in [0.1, 0.15) is 5.82 Å². The average molecular weight is 327 g/mol. The van der Waals surface area contributed by atoms with Crippen LogP contribution in [-0.4, -0.2) is 41.0 Å². The first-order valence-corrected chi connectivity index (χ1v) is 8.84. The molecule has 4 N–H and O–H groups in total. The maximum atomic E-state index is 5.70. The summed E-state index contributed by atoms with van der Waals surface area (Å²) in [6.07, 6.45) is 0. The fraction of sp³-hybridized carbons (Fsp3) is 0.353. The predicted octanol–water partition coefficient (Wildman–Crippen LogP) is 2.16. The zero-order valence-electron chi connectivity index (χ0n) is 13.0. The quantitative estimate of drug-likeness (QED) is 0.687. The highest BCUT2D eigenvalue weighted by atomic mass is 32.1. The molecule has 0 bridgehead atoms. The molecule has 1 aliphatic heterocycles. The van der Waals surface area contributed by atoms with Crippen molar-refractivity contribution in [1.29, 1.82) is 0 Å². The van der Waals surface area contributed by atoms with E-state index in [2.05, 4.69) is 45.5 Å². The lowest BCUT2D eigenvalue weighted by molar-refractivity contribution is 0.233. The van der Waals surface area contributed by atoms with Gasteiger partial charge >= 0.3 is 0 Å². The lowest BCUT2D eigenvalue weighted by Gasteiger charge is -2.27. The zero-order valence-corrected chi connectivity index (χ0v) is 13.8. The second-order valence-corrected chi connectivity index (χ2v) is 7.10. The fourth-order valence-corrected chi connectivity index (χ4v) is 3.85. The Hall–Kier alpha value is -1.73. The van der Waals surface area contributed by atoms with Crippen LogP contribution in [0.5, 0.6) is 0 Å². The number of aromatic amines is 1. The fourth-order valence-electron chi connectivity index (χ4n) is 3.01. The van der Waals surface area contributed by atoms with Crippen LogP contribution in [-0.2, 0) is 13.1 Å². The first-order chi connectivity index (χ1) is 11.3. The molecule has 2 aromatic heterocycles. The number of nitrogens with one attached hydrogen (secondary N) is 2. The van der Waals surface area contributed by atoms with Crippen molar-refractivity contribution < 1.29 is 0 Å². The summed E-state index contributed by atoms with van der Waals surface area (Å²) < 4.78 is 0. The summed E-state index contributed by atoms with van der Waals surface area (Å²) in [7, 11) is 0. The van der Waals surface area contributed by atoms with E-state index in [1.165, 1.54) is 10.4 Å². The number of nitrogens with zero attached hydrogens (tertiary/aromatic N) is 2. The van der Waals surface area contributed by atoms with Crippen LogP contribution in [0.2, 0.25) is 0 Å². The summed E-state index contributed by atoms with van der Waals surface area (Å²) in [5, 5.41) is 3.39. The molecule has 0 atom stereocenters. The van der Waals surface area contributed by atoms with Crippen LogP contribution in [0.4, 0.5) is 0 Å². The molecule has 0 spiro atoms. The molecule has 0 aliphatic carbocycles. The van der Waals surface area contributed by atoms with Gasteiger partial charge in [0.2, 0.25) is 0 Å². The standard InChI is InChI=1S/C17H21N5S/c18-10-13-2-4-16(23-13)17-20-14-3-1-12(9-15(14)21-17)11-22-7-5-19-6-8-22/h1-4,9,19H,5-8,10-11,18H2,(H,20,21). The van der Waals surface area contributed by atoms with Gasteiger partial charge in [-0.1, -0.05) is 6.07 Å². The Morgan fingerprint density at radius 3 is 2.83 bits per heavy atom. The summed E-state index contributed by atoms with van der Waals surface area (Å²) in [5.74, 6) is 0.934. The maximum Gasteiger partial charge on any atom is 0.148 e. The van der Waals surface area contributed by atoms with Gasteiger partial charge in [-0.25, -0.2) is 4.98 Å². The van der Waals surface area contributed by atoms with Crippen LogP contribution >= 0.6 is 11.3 Å². The molecular formula is C17H21N5S. The van der Waals surface area contributed by atoms with E-state index in [1.54, 1.807) is 11.3 Å². The van der Waals surface area contributed by atoms with Gasteiger partial charge in [0, 0.05) is 44.1 Å². The van der Waals surface area contributed by atoms with Gasteiger partial charge in [-0.3, -0.25) is 4.90 Å². The second kappa shape index (κ2) is 6.41. The van der Waals surface area contributed by atoms with Gasteiger partial charge in [-0.05, 0) is 29.8 Å². The van der Waals surface area contributed by atoms with E-state index < -0.39 is 0 Å². The number of hydrogen-bond donors (Lipinski definition) is 3. The largest absolute Gasteiger partial charge is 0.337 e. The molecule has 1 aliphatic rings. The summed E-state index contributed by atoms with van der Waals surface area (Å²) >= 11 is 1.70. The van der Waals surface area contributed by atoms with Crippen LogP contribution in [0, 0.1) is 0 Å². The van der Waals surface area contributed by atoms with Gasteiger partial charge < -0.3 is 16.0 Å². The summed E-state index contributed by atoms with van der Waals surface area (Å²) in [4.78, 5) is 13.0. The van der Waals surface area contributed by atoms with Crippen molar-refractivity contribution >= 4 is 22.4 Å². The Balaban J connectivity index is 1.58. The van der Waals surface area contributed by atoms with Crippen molar-refractivity contribution in [3.63, 3.8) is 0 Å². The molecule has 1 saturated heterocycles. The predicted molar refractivity (Wildman–Crippen MR) is 95.4 cm³/mol. The Morgan fingerprint density at radius 2 is 2.04 bits per heavy atom. The summed E-state index contributed by atoms with van der Waals surface area (Å²) in [5.41, 5.74) is 9.16. The summed E-state index contributed by atoms with van der Waals surface area (Å²) in [6.45, 7) is 5.98. The van der Waals surface area contributed by atoms with Crippen LogP contribution in [0.3, 0.4) is 0 Å². The van der Waals surface area contributed by atoms with E-state index in [0.717, 1.165) is 54.5 Å². The van der Waals surface area contributed by atoms with Gasteiger partial charge in [-0.2, -0.15) is 0 Å². The molecule has 0 unspecified atom stereocenters. The van der Waals surface area contributed by atoms with Crippen LogP contribution in [0.1, 0.15) is 10.4 Å². The highest BCUT2D eigenvalue weighted by Crippen LogP contribution is 2.28. The first-order valence-electron chi connectivity index (χ1n) is 8.03. The van der Waals surface area contributed by atoms with E-state index >= 15 is 0 Å².